The molecule has 0 saturated carbocycles. The molecule has 4 heteroatoms. The standard InChI is InChI=1S/C8H7Cl3N/c9-8(10,11)7-4-2-1-3-6(7)5-12/h1-4,12H,5H2. The fourth-order valence-corrected chi connectivity index (χ4v) is 1.50. The molecule has 65 valence electrons. The van der Waals surface area contributed by atoms with Crippen molar-refractivity contribution in [3.8, 4) is 0 Å². The molecule has 0 atom stereocenters. The van der Waals surface area contributed by atoms with Crippen molar-refractivity contribution in [2.45, 2.75) is 10.3 Å². The number of hydrogen-bond acceptors (Lipinski definition) is 0. The first-order chi connectivity index (χ1) is 5.55. The maximum atomic E-state index is 7.19. The highest BCUT2D eigenvalue weighted by Crippen LogP contribution is 2.39. The van der Waals surface area contributed by atoms with E-state index in [1.807, 2.05) is 6.07 Å². The Hall–Kier alpha value is 0.0500. The van der Waals surface area contributed by atoms with Gasteiger partial charge in [-0.1, -0.05) is 59.1 Å². The molecule has 0 spiro atoms. The smallest absolute Gasteiger partial charge is 0.216 e. The number of halogens is 3. The van der Waals surface area contributed by atoms with Gasteiger partial charge in [-0.3, -0.25) is 5.73 Å². The Morgan fingerprint density at radius 1 is 1.17 bits per heavy atom. The minimum absolute atomic E-state index is 0.129. The van der Waals surface area contributed by atoms with E-state index in [0.717, 1.165) is 5.56 Å². The number of rotatable bonds is 1. The van der Waals surface area contributed by atoms with Crippen LogP contribution in [-0.2, 0) is 10.3 Å². The van der Waals surface area contributed by atoms with E-state index in [9.17, 15) is 0 Å². The molecule has 1 radical (unpaired) electrons. The monoisotopic (exact) mass is 222 g/mol. The predicted molar refractivity (Wildman–Crippen MR) is 52.5 cm³/mol. The zero-order chi connectivity index (χ0) is 9.19. The van der Waals surface area contributed by atoms with Crippen LogP contribution in [0.1, 0.15) is 11.1 Å². The highest BCUT2D eigenvalue weighted by molar-refractivity contribution is 6.66. The van der Waals surface area contributed by atoms with Crippen molar-refractivity contribution in [2.75, 3.05) is 0 Å². The molecule has 1 rings (SSSR count). The zero-order valence-corrected chi connectivity index (χ0v) is 8.42. The van der Waals surface area contributed by atoms with Crippen LogP contribution in [0.4, 0.5) is 0 Å². The van der Waals surface area contributed by atoms with Gasteiger partial charge in [0.25, 0.3) is 0 Å². The van der Waals surface area contributed by atoms with E-state index in [1.165, 1.54) is 0 Å². The lowest BCUT2D eigenvalue weighted by atomic mass is 10.1. The van der Waals surface area contributed by atoms with Gasteiger partial charge in [0.2, 0.25) is 3.79 Å². The van der Waals surface area contributed by atoms with Gasteiger partial charge in [-0.15, -0.1) is 0 Å². The van der Waals surface area contributed by atoms with Crippen molar-refractivity contribution >= 4 is 34.8 Å². The van der Waals surface area contributed by atoms with Crippen LogP contribution >= 0.6 is 34.8 Å². The van der Waals surface area contributed by atoms with Gasteiger partial charge in [0.1, 0.15) is 0 Å². The fourth-order valence-electron chi connectivity index (χ4n) is 0.951. The molecule has 0 unspecified atom stereocenters. The van der Waals surface area contributed by atoms with Crippen molar-refractivity contribution in [1.29, 1.82) is 0 Å². The molecule has 1 N–H and O–H groups in total. The van der Waals surface area contributed by atoms with Crippen LogP contribution in [0.3, 0.4) is 0 Å². The fraction of sp³-hybridized carbons (Fsp3) is 0.250. The Balaban J connectivity index is 3.14. The van der Waals surface area contributed by atoms with Crippen LogP contribution in [0.15, 0.2) is 24.3 Å². The topological polar surface area (TPSA) is 23.8 Å². The minimum Gasteiger partial charge on any atom is -0.253 e. The van der Waals surface area contributed by atoms with Crippen LogP contribution in [0.5, 0.6) is 0 Å². The summed E-state index contributed by atoms with van der Waals surface area (Å²) in [6.45, 7) is 0.129. The zero-order valence-electron chi connectivity index (χ0n) is 6.15. The first-order valence-corrected chi connectivity index (χ1v) is 4.49. The Kier molecular flexibility index (Phi) is 3.24. The summed E-state index contributed by atoms with van der Waals surface area (Å²) in [5.74, 6) is 0. The third kappa shape index (κ3) is 2.27. The number of nitrogens with one attached hydrogen (secondary N) is 1. The molecule has 0 bridgehead atoms. The average molecular weight is 224 g/mol. The molecule has 0 heterocycles. The third-order valence-electron chi connectivity index (χ3n) is 1.51. The second-order valence-electron chi connectivity index (χ2n) is 2.33. The quantitative estimate of drug-likeness (QED) is 0.653. The lowest BCUT2D eigenvalue weighted by Gasteiger charge is -2.14. The van der Waals surface area contributed by atoms with Crippen LogP contribution in [0.2, 0.25) is 0 Å². The van der Waals surface area contributed by atoms with Crippen molar-refractivity contribution in [1.82, 2.24) is 5.73 Å². The molecule has 1 aromatic rings. The van der Waals surface area contributed by atoms with Crippen molar-refractivity contribution in [3.05, 3.63) is 35.4 Å². The Morgan fingerprint density at radius 3 is 2.17 bits per heavy atom. The molecule has 12 heavy (non-hydrogen) atoms. The first-order valence-electron chi connectivity index (χ1n) is 3.35. The lowest BCUT2D eigenvalue weighted by Crippen LogP contribution is -2.05. The van der Waals surface area contributed by atoms with Crippen molar-refractivity contribution < 1.29 is 0 Å². The summed E-state index contributed by atoms with van der Waals surface area (Å²) in [5, 5.41) is 0. The Morgan fingerprint density at radius 2 is 1.75 bits per heavy atom. The van der Waals surface area contributed by atoms with Gasteiger partial charge < -0.3 is 0 Å². The van der Waals surface area contributed by atoms with Gasteiger partial charge in [-0.2, -0.15) is 0 Å². The maximum absolute atomic E-state index is 7.19. The Labute approximate surface area is 86.4 Å². The largest absolute Gasteiger partial charge is 0.253 e. The lowest BCUT2D eigenvalue weighted by molar-refractivity contribution is 0.989. The summed E-state index contributed by atoms with van der Waals surface area (Å²) in [6.07, 6.45) is 0. The van der Waals surface area contributed by atoms with E-state index in [2.05, 4.69) is 0 Å². The van der Waals surface area contributed by atoms with Gasteiger partial charge >= 0.3 is 0 Å². The maximum Gasteiger partial charge on any atom is 0.216 e. The second kappa shape index (κ2) is 3.84. The van der Waals surface area contributed by atoms with Gasteiger partial charge in [-0.05, 0) is 5.56 Å². The Bertz CT molecular complexity index is 267. The summed E-state index contributed by atoms with van der Waals surface area (Å²) in [6, 6.07) is 7.11. The summed E-state index contributed by atoms with van der Waals surface area (Å²) in [4.78, 5) is 0. The van der Waals surface area contributed by atoms with E-state index < -0.39 is 3.79 Å². The molecule has 0 saturated heterocycles. The highest BCUT2D eigenvalue weighted by Gasteiger charge is 2.24. The molecule has 0 aliphatic carbocycles. The molecule has 1 nitrogen and oxygen atoms in total. The molecule has 0 aliphatic rings. The molecule has 1 aromatic carbocycles. The average Bonchev–Trinajstić information content (AvgIpc) is 2.03. The van der Waals surface area contributed by atoms with Gasteiger partial charge in [0.15, 0.2) is 0 Å². The van der Waals surface area contributed by atoms with E-state index in [1.54, 1.807) is 18.2 Å². The van der Waals surface area contributed by atoms with Gasteiger partial charge in [0, 0.05) is 12.1 Å². The summed E-state index contributed by atoms with van der Waals surface area (Å²) >= 11 is 17.1. The number of benzene rings is 1. The number of alkyl halides is 3. The van der Waals surface area contributed by atoms with Gasteiger partial charge in [-0.25, -0.2) is 0 Å². The third-order valence-corrected chi connectivity index (χ3v) is 2.12. The number of hydrogen-bond donors (Lipinski definition) is 0. The normalized spacial score (nSPS) is 11.7. The van der Waals surface area contributed by atoms with E-state index in [-0.39, 0.29) is 6.54 Å². The van der Waals surface area contributed by atoms with Crippen LogP contribution in [0.25, 0.3) is 0 Å². The summed E-state index contributed by atoms with van der Waals surface area (Å²) < 4.78 is -1.42. The molecule has 0 aliphatic heterocycles. The molecular weight excluding hydrogens is 216 g/mol. The molecule has 0 amide bonds. The minimum atomic E-state index is -1.42. The van der Waals surface area contributed by atoms with Crippen LogP contribution < -0.4 is 5.73 Å². The van der Waals surface area contributed by atoms with E-state index in [0.29, 0.717) is 5.56 Å². The van der Waals surface area contributed by atoms with Gasteiger partial charge in [0.05, 0.1) is 0 Å². The van der Waals surface area contributed by atoms with Crippen LogP contribution in [0, 0.1) is 0 Å². The van der Waals surface area contributed by atoms with Crippen LogP contribution in [-0.4, -0.2) is 0 Å². The summed E-state index contributed by atoms with van der Waals surface area (Å²) in [7, 11) is 0. The van der Waals surface area contributed by atoms with Crippen molar-refractivity contribution in [2.24, 2.45) is 0 Å². The first kappa shape index (κ1) is 10.1. The van der Waals surface area contributed by atoms with E-state index >= 15 is 0 Å². The SMILES string of the molecule is [NH]Cc1ccccc1C(Cl)(Cl)Cl. The summed E-state index contributed by atoms with van der Waals surface area (Å²) in [5.41, 5.74) is 8.52. The highest BCUT2D eigenvalue weighted by atomic mass is 35.6. The predicted octanol–water partition coefficient (Wildman–Crippen LogP) is 3.30. The molecular formula is C8H7Cl3N. The van der Waals surface area contributed by atoms with Crippen molar-refractivity contribution in [3.63, 3.8) is 0 Å². The molecule has 0 aromatic heterocycles. The molecule has 0 fully saturated rings. The van der Waals surface area contributed by atoms with E-state index in [4.69, 9.17) is 40.5 Å². The second-order valence-corrected chi connectivity index (χ2v) is 4.61.